The molecular weight excluding hydrogens is 404 g/mol. The molecule has 11 heteroatoms. The van der Waals surface area contributed by atoms with Crippen molar-refractivity contribution in [1.82, 2.24) is 40.4 Å². The van der Waals surface area contributed by atoms with Crippen molar-refractivity contribution in [2.24, 2.45) is 0 Å². The van der Waals surface area contributed by atoms with Crippen LogP contribution in [0.2, 0.25) is 0 Å². The number of aromatic nitrogens is 8. The Morgan fingerprint density at radius 2 is 1.63 bits per heavy atom. The first-order chi connectivity index (χ1) is 14.6. The third-order valence-electron chi connectivity index (χ3n) is 4.57. The summed E-state index contributed by atoms with van der Waals surface area (Å²) in [7, 11) is 3.20. The van der Waals surface area contributed by atoms with E-state index in [1.807, 2.05) is 50.2 Å². The Morgan fingerprint density at radius 3 is 2.37 bits per heavy atom. The van der Waals surface area contributed by atoms with E-state index < -0.39 is 0 Å². The molecule has 0 atom stereocenters. The number of ether oxygens (including phenoxy) is 2. The summed E-state index contributed by atoms with van der Waals surface area (Å²) >= 11 is 1.43. The minimum Gasteiger partial charge on any atom is -0.497 e. The summed E-state index contributed by atoms with van der Waals surface area (Å²) in [5, 5.41) is 24.9. The lowest BCUT2D eigenvalue weighted by molar-refractivity contribution is 0.399. The smallest absolute Gasteiger partial charge is 0.214 e. The van der Waals surface area contributed by atoms with Gasteiger partial charge in [-0.25, -0.2) is 0 Å². The largest absolute Gasteiger partial charge is 0.497 e. The highest BCUT2D eigenvalue weighted by Crippen LogP contribution is 2.30. The Kier molecular flexibility index (Phi) is 5.61. The molecule has 0 spiro atoms. The third-order valence-corrected chi connectivity index (χ3v) is 5.49. The van der Waals surface area contributed by atoms with E-state index >= 15 is 0 Å². The lowest BCUT2D eigenvalue weighted by atomic mass is 10.1. The standard InChI is InChI=1S/C19H20N8O2S/c1-12-6-5-7-13(2)18(12)27-17(20-22-25-27)11-30-19-21-23-24-26(19)15-10-14(28-3)8-9-16(15)29-4/h5-10H,11H2,1-4H3. The fourth-order valence-electron chi connectivity index (χ4n) is 3.12. The number of tetrazole rings is 2. The van der Waals surface area contributed by atoms with Crippen LogP contribution in [0.5, 0.6) is 11.5 Å². The number of para-hydroxylation sites is 1. The molecule has 0 radical (unpaired) electrons. The number of hydrogen-bond acceptors (Lipinski definition) is 9. The maximum Gasteiger partial charge on any atom is 0.214 e. The quantitative estimate of drug-likeness (QED) is 0.414. The van der Waals surface area contributed by atoms with Crippen LogP contribution in [0.3, 0.4) is 0 Å². The molecule has 2 aromatic heterocycles. The first-order valence-electron chi connectivity index (χ1n) is 9.09. The van der Waals surface area contributed by atoms with Crippen molar-refractivity contribution in [3.05, 3.63) is 53.3 Å². The molecule has 154 valence electrons. The molecule has 0 aliphatic carbocycles. The van der Waals surface area contributed by atoms with Crippen LogP contribution >= 0.6 is 11.8 Å². The van der Waals surface area contributed by atoms with Crippen LogP contribution in [0.15, 0.2) is 41.6 Å². The van der Waals surface area contributed by atoms with Crippen LogP contribution in [0.4, 0.5) is 0 Å². The number of hydrogen-bond donors (Lipinski definition) is 0. The summed E-state index contributed by atoms with van der Waals surface area (Å²) in [6.45, 7) is 4.08. The molecular formula is C19H20N8O2S. The van der Waals surface area contributed by atoms with Gasteiger partial charge in [-0.2, -0.15) is 9.36 Å². The Bertz CT molecular complexity index is 1150. The highest BCUT2D eigenvalue weighted by molar-refractivity contribution is 7.98. The zero-order valence-corrected chi connectivity index (χ0v) is 17.8. The van der Waals surface area contributed by atoms with Crippen LogP contribution in [-0.4, -0.2) is 54.6 Å². The van der Waals surface area contributed by atoms with Crippen LogP contribution in [0.1, 0.15) is 17.0 Å². The van der Waals surface area contributed by atoms with Crippen LogP contribution in [-0.2, 0) is 5.75 Å². The second kappa shape index (κ2) is 8.49. The lowest BCUT2D eigenvalue weighted by Crippen LogP contribution is -2.07. The van der Waals surface area contributed by atoms with Gasteiger partial charge in [0.1, 0.15) is 17.2 Å². The zero-order chi connectivity index (χ0) is 21.1. The Morgan fingerprint density at radius 1 is 0.900 bits per heavy atom. The summed E-state index contributed by atoms with van der Waals surface area (Å²) in [4.78, 5) is 0. The Balaban J connectivity index is 1.63. The summed E-state index contributed by atoms with van der Waals surface area (Å²) < 4.78 is 14.2. The molecule has 0 saturated heterocycles. The number of thioether (sulfide) groups is 1. The number of nitrogens with zero attached hydrogens (tertiary/aromatic N) is 8. The van der Waals surface area contributed by atoms with Gasteiger partial charge in [0.25, 0.3) is 0 Å². The van der Waals surface area contributed by atoms with E-state index in [-0.39, 0.29) is 0 Å². The molecule has 0 fully saturated rings. The first-order valence-corrected chi connectivity index (χ1v) is 10.1. The van der Waals surface area contributed by atoms with Gasteiger partial charge in [0, 0.05) is 6.07 Å². The van der Waals surface area contributed by atoms with Crippen molar-refractivity contribution >= 4 is 11.8 Å². The van der Waals surface area contributed by atoms with E-state index in [9.17, 15) is 0 Å². The molecule has 10 nitrogen and oxygen atoms in total. The zero-order valence-electron chi connectivity index (χ0n) is 17.0. The van der Waals surface area contributed by atoms with Crippen molar-refractivity contribution in [1.29, 1.82) is 0 Å². The summed E-state index contributed by atoms with van der Waals surface area (Å²) in [6, 6.07) is 11.5. The molecule has 0 amide bonds. The van der Waals surface area contributed by atoms with Crippen molar-refractivity contribution in [3.8, 4) is 22.9 Å². The fourth-order valence-corrected chi connectivity index (χ4v) is 3.91. The van der Waals surface area contributed by atoms with Crippen LogP contribution in [0.25, 0.3) is 11.4 Å². The Hall–Kier alpha value is -3.47. The maximum absolute atomic E-state index is 5.46. The highest BCUT2D eigenvalue weighted by Gasteiger charge is 2.18. The van der Waals surface area contributed by atoms with Gasteiger partial charge in [0.15, 0.2) is 5.82 Å². The van der Waals surface area contributed by atoms with E-state index in [0.717, 1.165) is 16.8 Å². The maximum atomic E-state index is 5.46. The number of aryl methyl sites for hydroxylation is 2. The lowest BCUT2D eigenvalue weighted by Gasteiger charge is -2.12. The van der Waals surface area contributed by atoms with E-state index in [4.69, 9.17) is 9.47 Å². The Labute approximate surface area is 177 Å². The van der Waals surface area contributed by atoms with Crippen molar-refractivity contribution in [2.45, 2.75) is 24.8 Å². The minimum atomic E-state index is 0.480. The highest BCUT2D eigenvalue weighted by atomic mass is 32.2. The average Bonchev–Trinajstić information content (AvgIpc) is 3.41. The second-order valence-electron chi connectivity index (χ2n) is 6.45. The molecule has 4 rings (SSSR count). The predicted octanol–water partition coefficient (Wildman–Crippen LogP) is 2.56. The monoisotopic (exact) mass is 424 g/mol. The summed E-state index contributed by atoms with van der Waals surface area (Å²) in [5.41, 5.74) is 3.85. The molecule has 0 unspecified atom stereocenters. The molecule has 30 heavy (non-hydrogen) atoms. The van der Waals surface area contributed by atoms with Gasteiger partial charge in [0.05, 0.1) is 25.7 Å². The van der Waals surface area contributed by atoms with Crippen molar-refractivity contribution in [2.75, 3.05) is 14.2 Å². The molecule has 0 N–H and O–H groups in total. The van der Waals surface area contributed by atoms with E-state index in [1.54, 1.807) is 23.6 Å². The second-order valence-corrected chi connectivity index (χ2v) is 7.39. The van der Waals surface area contributed by atoms with Gasteiger partial charge in [-0.05, 0) is 58.0 Å². The van der Waals surface area contributed by atoms with Gasteiger partial charge < -0.3 is 9.47 Å². The molecule has 2 heterocycles. The van der Waals surface area contributed by atoms with Crippen LogP contribution < -0.4 is 9.47 Å². The molecule has 4 aromatic rings. The SMILES string of the molecule is COc1ccc(OC)c(-n2nnnc2SCc2nnnn2-c2c(C)cccc2C)c1. The first kappa shape index (κ1) is 19.8. The van der Waals surface area contributed by atoms with Gasteiger partial charge in [-0.15, -0.1) is 10.2 Å². The van der Waals surface area contributed by atoms with Crippen molar-refractivity contribution in [3.63, 3.8) is 0 Å². The van der Waals surface area contributed by atoms with E-state index in [0.29, 0.717) is 33.9 Å². The topological polar surface area (TPSA) is 106 Å². The molecule has 0 saturated carbocycles. The van der Waals surface area contributed by atoms with Gasteiger partial charge in [-0.3, -0.25) is 0 Å². The van der Waals surface area contributed by atoms with Gasteiger partial charge in [-0.1, -0.05) is 30.0 Å². The minimum absolute atomic E-state index is 0.480. The van der Waals surface area contributed by atoms with Crippen LogP contribution in [0, 0.1) is 13.8 Å². The third kappa shape index (κ3) is 3.71. The van der Waals surface area contributed by atoms with Gasteiger partial charge in [0.2, 0.25) is 5.16 Å². The fraction of sp³-hybridized carbons (Fsp3) is 0.263. The molecule has 0 aliphatic heterocycles. The summed E-state index contributed by atoms with van der Waals surface area (Å²) in [6.07, 6.45) is 0. The average molecular weight is 424 g/mol. The number of benzene rings is 2. The molecule has 0 bridgehead atoms. The predicted molar refractivity (Wildman–Crippen MR) is 110 cm³/mol. The van der Waals surface area contributed by atoms with E-state index in [1.165, 1.54) is 11.8 Å². The van der Waals surface area contributed by atoms with E-state index in [2.05, 4.69) is 31.1 Å². The van der Waals surface area contributed by atoms with Gasteiger partial charge >= 0.3 is 0 Å². The molecule has 0 aliphatic rings. The normalized spacial score (nSPS) is 10.9. The number of methoxy groups -OCH3 is 2. The molecule has 2 aromatic carbocycles. The summed E-state index contributed by atoms with van der Waals surface area (Å²) in [5.74, 6) is 2.49. The van der Waals surface area contributed by atoms with Crippen molar-refractivity contribution < 1.29 is 9.47 Å². The number of rotatable bonds is 7.